The molecule has 1 amide bonds. The van der Waals surface area contributed by atoms with E-state index in [2.05, 4.69) is 10.4 Å². The van der Waals surface area contributed by atoms with Gasteiger partial charge in [0.15, 0.2) is 6.04 Å². The topological polar surface area (TPSA) is 50.2 Å². The fraction of sp³-hybridized carbons (Fsp3) is 0.579. The van der Waals surface area contributed by atoms with Crippen LogP contribution < -0.4 is 5.32 Å². The number of hydrogen-bond acceptors (Lipinski definition) is 4. The Morgan fingerprint density at radius 1 is 1.39 bits per heavy atom. The second-order valence-electron chi connectivity index (χ2n) is 7.75. The summed E-state index contributed by atoms with van der Waals surface area (Å²) >= 11 is 1.44. The van der Waals surface area contributed by atoms with Crippen LogP contribution in [0.1, 0.15) is 61.8 Å². The van der Waals surface area contributed by atoms with Crippen LogP contribution in [0.15, 0.2) is 23.6 Å². The van der Waals surface area contributed by atoms with E-state index in [9.17, 15) is 18.0 Å². The molecule has 152 valence electrons. The molecule has 2 aliphatic rings. The molecule has 0 aromatic carbocycles. The summed E-state index contributed by atoms with van der Waals surface area (Å²) in [6.45, 7) is 4.30. The maximum atomic E-state index is 13.8. The van der Waals surface area contributed by atoms with E-state index in [1.165, 1.54) is 11.3 Å². The van der Waals surface area contributed by atoms with Crippen molar-refractivity contribution in [2.45, 2.75) is 57.4 Å². The van der Waals surface area contributed by atoms with Crippen LogP contribution in [0.5, 0.6) is 0 Å². The molecule has 28 heavy (non-hydrogen) atoms. The molecular weight excluding hydrogens is 389 g/mol. The summed E-state index contributed by atoms with van der Waals surface area (Å²) in [6.07, 6.45) is -2.94. The van der Waals surface area contributed by atoms with Gasteiger partial charge in [-0.05, 0) is 24.3 Å². The van der Waals surface area contributed by atoms with Crippen LogP contribution in [0.3, 0.4) is 0 Å². The van der Waals surface area contributed by atoms with Gasteiger partial charge in [-0.25, -0.2) is 4.68 Å². The molecule has 0 radical (unpaired) electrons. The third-order valence-corrected chi connectivity index (χ3v) is 6.45. The smallest absolute Gasteiger partial charge is 0.363 e. The summed E-state index contributed by atoms with van der Waals surface area (Å²) < 4.78 is 42.4. The van der Waals surface area contributed by atoms with Gasteiger partial charge in [-0.15, -0.1) is 11.3 Å². The maximum absolute atomic E-state index is 13.8. The van der Waals surface area contributed by atoms with Gasteiger partial charge in [0, 0.05) is 29.8 Å². The molecule has 1 N–H and O–H groups in total. The van der Waals surface area contributed by atoms with Gasteiger partial charge in [-0.2, -0.15) is 18.3 Å². The predicted octanol–water partition coefficient (Wildman–Crippen LogP) is 4.92. The summed E-state index contributed by atoms with van der Waals surface area (Å²) in [4.78, 5) is 15.1. The van der Waals surface area contributed by atoms with Gasteiger partial charge in [0.2, 0.25) is 5.91 Å². The van der Waals surface area contributed by atoms with E-state index < -0.39 is 18.3 Å². The first-order chi connectivity index (χ1) is 13.3. The molecule has 2 aromatic rings. The molecule has 9 heteroatoms. The number of aromatic nitrogens is 2. The van der Waals surface area contributed by atoms with E-state index in [4.69, 9.17) is 0 Å². The van der Waals surface area contributed by atoms with E-state index >= 15 is 0 Å². The van der Waals surface area contributed by atoms with Crippen LogP contribution in [-0.2, 0) is 4.79 Å². The van der Waals surface area contributed by atoms with Crippen molar-refractivity contribution >= 4 is 23.1 Å². The summed E-state index contributed by atoms with van der Waals surface area (Å²) in [5.74, 6) is 0.234. The largest absolute Gasteiger partial charge is 0.410 e. The van der Waals surface area contributed by atoms with E-state index in [-0.39, 0.29) is 24.3 Å². The number of halogens is 3. The number of anilines is 1. The lowest BCUT2D eigenvalue weighted by atomic mass is 10.0. The minimum absolute atomic E-state index is 0.0188. The van der Waals surface area contributed by atoms with Gasteiger partial charge in [0.1, 0.15) is 5.82 Å². The number of fused-ring (bicyclic) bond motifs is 1. The average Bonchev–Trinajstić information content (AvgIpc) is 3.37. The number of amides is 1. The number of thiophene rings is 1. The van der Waals surface area contributed by atoms with Crippen molar-refractivity contribution in [3.8, 4) is 0 Å². The summed E-state index contributed by atoms with van der Waals surface area (Å²) in [7, 11) is 0. The number of likely N-dealkylation sites (tertiary alicyclic amines) is 1. The van der Waals surface area contributed by atoms with Crippen LogP contribution in [-0.4, -0.2) is 33.3 Å². The molecule has 0 unspecified atom stereocenters. The molecule has 0 bridgehead atoms. The minimum atomic E-state index is -4.39. The maximum Gasteiger partial charge on any atom is 0.410 e. The number of carbonyl (C=O) groups is 1. The highest BCUT2D eigenvalue weighted by molar-refractivity contribution is 7.10. The summed E-state index contributed by atoms with van der Waals surface area (Å²) in [6, 6.07) is 3.04. The molecule has 4 rings (SSSR count). The van der Waals surface area contributed by atoms with Crippen molar-refractivity contribution in [2.75, 3.05) is 11.9 Å². The summed E-state index contributed by atoms with van der Waals surface area (Å²) in [5.41, 5.74) is 0.537. The van der Waals surface area contributed by atoms with E-state index in [0.29, 0.717) is 18.1 Å². The van der Waals surface area contributed by atoms with Gasteiger partial charge < -0.3 is 10.2 Å². The van der Waals surface area contributed by atoms with Crippen LogP contribution in [0, 0.1) is 5.92 Å². The van der Waals surface area contributed by atoms with E-state index in [0.717, 1.165) is 22.4 Å². The van der Waals surface area contributed by atoms with Crippen molar-refractivity contribution in [3.05, 3.63) is 34.2 Å². The molecule has 0 spiro atoms. The van der Waals surface area contributed by atoms with E-state index in [1.807, 2.05) is 31.4 Å². The monoisotopic (exact) mass is 412 g/mol. The number of hydrogen-bond donors (Lipinski definition) is 1. The Hall–Kier alpha value is -2.03. The number of nitrogens with zero attached hydrogens (tertiary/aromatic N) is 3. The Kier molecular flexibility index (Phi) is 4.89. The predicted molar refractivity (Wildman–Crippen MR) is 101 cm³/mol. The van der Waals surface area contributed by atoms with Gasteiger partial charge in [-0.1, -0.05) is 19.9 Å². The Labute approximate surface area is 165 Å². The number of nitrogens with one attached hydrogen (secondary N) is 1. The molecular formula is C19H23F3N4OS. The molecule has 1 fully saturated rings. The first-order valence-electron chi connectivity index (χ1n) is 9.52. The van der Waals surface area contributed by atoms with E-state index in [1.54, 1.807) is 11.0 Å². The zero-order chi connectivity index (χ0) is 20.1. The Morgan fingerprint density at radius 3 is 2.82 bits per heavy atom. The zero-order valence-electron chi connectivity index (χ0n) is 15.7. The fourth-order valence-corrected chi connectivity index (χ4v) is 4.89. The SMILES string of the molecule is CC(C)C(=O)N1CCC[C@H]1c1cc2n(n1)[C@@H](C(F)(F)F)C[C@@H](c1cccs1)N2. The molecule has 0 aliphatic carbocycles. The highest BCUT2D eigenvalue weighted by Crippen LogP contribution is 2.45. The Bertz CT molecular complexity index is 846. The molecule has 5 nitrogen and oxygen atoms in total. The van der Waals surface area contributed by atoms with Crippen LogP contribution in [0.25, 0.3) is 0 Å². The second-order valence-corrected chi connectivity index (χ2v) is 8.73. The standard InChI is InChI=1S/C19H23F3N4OS/c1-11(2)18(27)25-7-3-5-14(25)12-10-17-23-13(15-6-4-8-28-15)9-16(19(20,21)22)26(17)24-12/h4,6,8,10-11,13-14,16,23H,3,5,7,9H2,1-2H3/t13-,14-,16+/m0/s1. The first-order valence-corrected chi connectivity index (χ1v) is 10.4. The van der Waals surface area contributed by atoms with Gasteiger partial charge in [-0.3, -0.25) is 4.79 Å². The average molecular weight is 412 g/mol. The van der Waals surface area contributed by atoms with Crippen molar-refractivity contribution in [1.82, 2.24) is 14.7 Å². The van der Waals surface area contributed by atoms with Crippen molar-refractivity contribution in [2.24, 2.45) is 5.92 Å². The second kappa shape index (κ2) is 7.09. The molecule has 0 saturated carbocycles. The number of rotatable bonds is 3. The highest BCUT2D eigenvalue weighted by atomic mass is 32.1. The van der Waals surface area contributed by atoms with Crippen LogP contribution in [0.4, 0.5) is 19.0 Å². The lowest BCUT2D eigenvalue weighted by Gasteiger charge is -2.32. The van der Waals surface area contributed by atoms with Crippen molar-refractivity contribution in [1.29, 1.82) is 0 Å². The zero-order valence-corrected chi connectivity index (χ0v) is 16.6. The molecule has 4 heterocycles. The lowest BCUT2D eigenvalue weighted by molar-refractivity contribution is -0.173. The third kappa shape index (κ3) is 3.40. The molecule has 1 saturated heterocycles. The Morgan fingerprint density at radius 2 is 2.18 bits per heavy atom. The lowest BCUT2D eigenvalue weighted by Crippen LogP contribution is -2.36. The minimum Gasteiger partial charge on any atom is -0.363 e. The molecule has 2 aromatic heterocycles. The van der Waals surface area contributed by atoms with Gasteiger partial charge in [0.25, 0.3) is 0 Å². The molecule has 3 atom stereocenters. The normalized spacial score (nSPS) is 25.1. The van der Waals surface area contributed by atoms with Crippen LogP contribution in [0.2, 0.25) is 0 Å². The van der Waals surface area contributed by atoms with Crippen molar-refractivity contribution in [3.63, 3.8) is 0 Å². The summed E-state index contributed by atoms with van der Waals surface area (Å²) in [5, 5.41) is 9.42. The Balaban J connectivity index is 1.68. The highest BCUT2D eigenvalue weighted by Gasteiger charge is 2.47. The number of alkyl halides is 3. The molecule has 2 aliphatic heterocycles. The van der Waals surface area contributed by atoms with Crippen molar-refractivity contribution < 1.29 is 18.0 Å². The van der Waals surface area contributed by atoms with Crippen LogP contribution >= 0.6 is 11.3 Å². The third-order valence-electron chi connectivity index (χ3n) is 5.47. The van der Waals surface area contributed by atoms with Gasteiger partial charge >= 0.3 is 6.18 Å². The number of carbonyl (C=O) groups excluding carboxylic acids is 1. The first kappa shape index (κ1) is 19.3. The fourth-order valence-electron chi connectivity index (χ4n) is 4.10. The quantitative estimate of drug-likeness (QED) is 0.778. The van der Waals surface area contributed by atoms with Gasteiger partial charge in [0.05, 0.1) is 17.8 Å².